The van der Waals surface area contributed by atoms with E-state index in [9.17, 15) is 9.59 Å². The molecule has 1 aromatic carbocycles. The summed E-state index contributed by atoms with van der Waals surface area (Å²) in [5.74, 6) is 0.0953. The third-order valence-corrected chi connectivity index (χ3v) is 6.47. The summed E-state index contributed by atoms with van der Waals surface area (Å²) in [4.78, 5) is 32.9. The van der Waals surface area contributed by atoms with Gasteiger partial charge in [0.15, 0.2) is 5.13 Å². The summed E-state index contributed by atoms with van der Waals surface area (Å²) in [5, 5.41) is 3.66. The Labute approximate surface area is 183 Å². The zero-order valence-electron chi connectivity index (χ0n) is 18.7. The van der Waals surface area contributed by atoms with Gasteiger partial charge in [-0.15, -0.1) is 11.3 Å². The summed E-state index contributed by atoms with van der Waals surface area (Å²) in [6.07, 6.45) is 3.61. The summed E-state index contributed by atoms with van der Waals surface area (Å²) in [5.41, 5.74) is 2.97. The largest absolute Gasteiger partial charge is 0.342 e. The molecule has 0 atom stereocenters. The van der Waals surface area contributed by atoms with Gasteiger partial charge in [0, 0.05) is 34.9 Å². The first-order valence-corrected chi connectivity index (χ1v) is 11.7. The summed E-state index contributed by atoms with van der Waals surface area (Å²) in [6, 6.07) is 8.53. The SMILES string of the molecule is CCCc1ccc(-c2nc(NC(=O)C3CCN(C(=O)C(C)(C)C)CC3)sc2C)cc1. The number of nitrogens with zero attached hydrogens (tertiary/aromatic N) is 2. The lowest BCUT2D eigenvalue weighted by Gasteiger charge is -2.35. The van der Waals surface area contributed by atoms with Crippen LogP contribution >= 0.6 is 11.3 Å². The number of aromatic nitrogens is 1. The van der Waals surface area contributed by atoms with Crippen LogP contribution in [-0.2, 0) is 16.0 Å². The second-order valence-corrected chi connectivity index (χ2v) is 10.4. The van der Waals surface area contributed by atoms with Crippen molar-refractivity contribution in [3.8, 4) is 11.3 Å². The molecule has 1 fully saturated rings. The van der Waals surface area contributed by atoms with Crippen molar-refractivity contribution < 1.29 is 9.59 Å². The highest BCUT2D eigenvalue weighted by atomic mass is 32.1. The fraction of sp³-hybridized carbons (Fsp3) is 0.542. The highest BCUT2D eigenvalue weighted by Gasteiger charge is 2.32. The Morgan fingerprint density at radius 3 is 2.37 bits per heavy atom. The second-order valence-electron chi connectivity index (χ2n) is 9.18. The zero-order chi connectivity index (χ0) is 21.9. The number of carbonyl (C=O) groups is 2. The van der Waals surface area contributed by atoms with Gasteiger partial charge in [-0.25, -0.2) is 4.98 Å². The van der Waals surface area contributed by atoms with Crippen molar-refractivity contribution >= 4 is 28.3 Å². The predicted molar refractivity (Wildman–Crippen MR) is 124 cm³/mol. The Morgan fingerprint density at radius 1 is 1.17 bits per heavy atom. The zero-order valence-corrected chi connectivity index (χ0v) is 19.6. The normalized spacial score (nSPS) is 15.3. The third kappa shape index (κ3) is 5.28. The van der Waals surface area contributed by atoms with Crippen LogP contribution in [0.25, 0.3) is 11.3 Å². The van der Waals surface area contributed by atoms with Crippen molar-refractivity contribution in [3.05, 3.63) is 34.7 Å². The summed E-state index contributed by atoms with van der Waals surface area (Å²) >= 11 is 1.52. The number of hydrogen-bond donors (Lipinski definition) is 1. The molecule has 1 aliphatic rings. The number of piperidine rings is 1. The van der Waals surface area contributed by atoms with Crippen LogP contribution in [0.15, 0.2) is 24.3 Å². The molecule has 1 aromatic heterocycles. The Balaban J connectivity index is 1.60. The van der Waals surface area contributed by atoms with E-state index in [0.717, 1.165) is 29.0 Å². The molecule has 6 heteroatoms. The van der Waals surface area contributed by atoms with Crippen molar-refractivity contribution in [2.75, 3.05) is 18.4 Å². The average Bonchev–Trinajstić information content (AvgIpc) is 3.07. The van der Waals surface area contributed by atoms with Crippen LogP contribution in [0.5, 0.6) is 0 Å². The fourth-order valence-electron chi connectivity index (χ4n) is 3.86. The van der Waals surface area contributed by atoms with Gasteiger partial charge in [-0.1, -0.05) is 58.4 Å². The van der Waals surface area contributed by atoms with E-state index in [2.05, 4.69) is 41.5 Å². The van der Waals surface area contributed by atoms with Gasteiger partial charge >= 0.3 is 0 Å². The number of aryl methyl sites for hydroxylation is 2. The first-order valence-electron chi connectivity index (χ1n) is 10.9. The van der Waals surface area contributed by atoms with Crippen molar-refractivity contribution in [1.29, 1.82) is 0 Å². The average molecular weight is 428 g/mol. The van der Waals surface area contributed by atoms with Crippen LogP contribution in [0, 0.1) is 18.3 Å². The molecule has 1 saturated heterocycles. The number of rotatable bonds is 5. The highest BCUT2D eigenvalue weighted by Crippen LogP contribution is 2.31. The molecule has 3 rings (SSSR count). The standard InChI is InChI=1S/C24H33N3O2S/c1-6-7-17-8-10-18(11-9-17)20-16(2)30-23(25-20)26-21(28)19-12-14-27(15-13-19)22(29)24(3,4)5/h8-11,19H,6-7,12-15H2,1-5H3,(H,25,26,28). The predicted octanol–water partition coefficient (Wildman–Crippen LogP) is 5.29. The number of nitrogens with one attached hydrogen (secondary N) is 1. The Kier molecular flexibility index (Phi) is 6.96. The van der Waals surface area contributed by atoms with E-state index in [1.54, 1.807) is 0 Å². The summed E-state index contributed by atoms with van der Waals surface area (Å²) in [7, 11) is 0. The maximum absolute atomic E-state index is 12.8. The van der Waals surface area contributed by atoms with Gasteiger partial charge in [0.2, 0.25) is 11.8 Å². The minimum atomic E-state index is -0.376. The van der Waals surface area contributed by atoms with Gasteiger partial charge < -0.3 is 10.2 Å². The molecule has 1 aliphatic heterocycles. The van der Waals surface area contributed by atoms with Crippen LogP contribution in [0.3, 0.4) is 0 Å². The Morgan fingerprint density at radius 2 is 1.80 bits per heavy atom. The first-order chi connectivity index (χ1) is 14.2. The quantitative estimate of drug-likeness (QED) is 0.705. The van der Waals surface area contributed by atoms with E-state index >= 15 is 0 Å². The van der Waals surface area contributed by atoms with E-state index in [4.69, 9.17) is 0 Å². The fourth-order valence-corrected chi connectivity index (χ4v) is 4.70. The van der Waals surface area contributed by atoms with Crippen LogP contribution in [0.1, 0.15) is 57.4 Å². The van der Waals surface area contributed by atoms with Crippen molar-refractivity contribution in [3.63, 3.8) is 0 Å². The number of anilines is 1. The van der Waals surface area contributed by atoms with Gasteiger partial charge in [-0.3, -0.25) is 9.59 Å². The van der Waals surface area contributed by atoms with Crippen LogP contribution in [-0.4, -0.2) is 34.8 Å². The summed E-state index contributed by atoms with van der Waals surface area (Å²) < 4.78 is 0. The molecule has 1 N–H and O–H groups in total. The van der Waals surface area contributed by atoms with Crippen LogP contribution in [0.4, 0.5) is 5.13 Å². The molecular weight excluding hydrogens is 394 g/mol. The molecule has 0 aliphatic carbocycles. The van der Waals surface area contributed by atoms with Gasteiger partial charge in [-0.05, 0) is 31.7 Å². The van der Waals surface area contributed by atoms with E-state index in [0.29, 0.717) is 31.1 Å². The molecule has 0 bridgehead atoms. The van der Waals surface area contributed by atoms with E-state index in [1.807, 2.05) is 32.6 Å². The first kappa shape index (κ1) is 22.5. The molecule has 0 unspecified atom stereocenters. The van der Waals surface area contributed by atoms with Gasteiger partial charge in [0.05, 0.1) is 5.69 Å². The van der Waals surface area contributed by atoms with Crippen molar-refractivity contribution in [2.45, 2.75) is 60.3 Å². The maximum Gasteiger partial charge on any atom is 0.229 e. The van der Waals surface area contributed by atoms with Crippen LogP contribution < -0.4 is 5.32 Å². The molecule has 2 heterocycles. The summed E-state index contributed by atoms with van der Waals surface area (Å²) in [6.45, 7) is 11.3. The van der Waals surface area contributed by atoms with Gasteiger partial charge in [0.1, 0.15) is 0 Å². The molecule has 162 valence electrons. The molecule has 30 heavy (non-hydrogen) atoms. The molecule has 5 nitrogen and oxygen atoms in total. The Bertz CT molecular complexity index is 888. The molecular formula is C24H33N3O2S. The lowest BCUT2D eigenvalue weighted by atomic mass is 9.91. The van der Waals surface area contributed by atoms with E-state index < -0.39 is 0 Å². The molecule has 2 aromatic rings. The monoisotopic (exact) mass is 427 g/mol. The molecule has 0 spiro atoms. The lowest BCUT2D eigenvalue weighted by molar-refractivity contribution is -0.142. The van der Waals surface area contributed by atoms with Gasteiger partial charge in [0.25, 0.3) is 0 Å². The number of likely N-dealkylation sites (tertiary alicyclic amines) is 1. The second kappa shape index (κ2) is 9.29. The smallest absolute Gasteiger partial charge is 0.229 e. The van der Waals surface area contributed by atoms with E-state index in [1.165, 1.54) is 16.9 Å². The number of amides is 2. The minimum absolute atomic E-state index is 0.0106. The highest BCUT2D eigenvalue weighted by molar-refractivity contribution is 7.16. The van der Waals surface area contributed by atoms with Crippen LogP contribution in [0.2, 0.25) is 0 Å². The number of carbonyl (C=O) groups excluding carboxylic acids is 2. The number of benzene rings is 1. The van der Waals surface area contributed by atoms with E-state index in [-0.39, 0.29) is 23.1 Å². The van der Waals surface area contributed by atoms with Gasteiger partial charge in [-0.2, -0.15) is 0 Å². The molecule has 0 saturated carbocycles. The topological polar surface area (TPSA) is 62.3 Å². The third-order valence-electron chi connectivity index (χ3n) is 5.59. The number of thiazole rings is 1. The molecule has 2 amide bonds. The Hall–Kier alpha value is -2.21. The lowest BCUT2D eigenvalue weighted by Crippen LogP contribution is -2.45. The van der Waals surface area contributed by atoms with Crippen molar-refractivity contribution in [2.24, 2.45) is 11.3 Å². The van der Waals surface area contributed by atoms with Crippen molar-refractivity contribution in [1.82, 2.24) is 9.88 Å². The maximum atomic E-state index is 12.8. The molecule has 0 radical (unpaired) electrons. The minimum Gasteiger partial charge on any atom is -0.342 e. The number of hydrogen-bond acceptors (Lipinski definition) is 4.